The first-order valence-electron chi connectivity index (χ1n) is 6.09. The zero-order valence-electron chi connectivity index (χ0n) is 11.3. The lowest BCUT2D eigenvalue weighted by molar-refractivity contribution is 0.0663. The molecule has 0 fully saturated rings. The molecule has 2 rings (SSSR count). The lowest BCUT2D eigenvalue weighted by atomic mass is 10.0. The number of carboxylic acid groups (broad SMARTS) is 1. The molecular weight excluding hydrogens is 242 g/mol. The Hall–Kier alpha value is -2.07. The zero-order valence-corrected chi connectivity index (χ0v) is 11.3. The van der Waals surface area contributed by atoms with Gasteiger partial charge in [0.1, 0.15) is 5.76 Å². The summed E-state index contributed by atoms with van der Waals surface area (Å²) in [5.74, 6) is -0.518. The summed E-state index contributed by atoms with van der Waals surface area (Å²) in [6, 6.07) is 11.4. The van der Waals surface area contributed by atoms with Crippen molar-refractivity contribution in [1.82, 2.24) is 4.90 Å². The second-order valence-corrected chi connectivity index (χ2v) is 4.73. The van der Waals surface area contributed by atoms with Gasteiger partial charge in [-0.1, -0.05) is 18.2 Å². The first kappa shape index (κ1) is 13.4. The van der Waals surface area contributed by atoms with Gasteiger partial charge in [0.2, 0.25) is 5.76 Å². The number of carboxylic acids is 1. The molecule has 1 aromatic carbocycles. The third kappa shape index (κ3) is 2.85. The van der Waals surface area contributed by atoms with Crippen LogP contribution in [-0.4, -0.2) is 30.1 Å². The van der Waals surface area contributed by atoms with Crippen LogP contribution >= 0.6 is 0 Å². The van der Waals surface area contributed by atoms with E-state index in [9.17, 15) is 4.79 Å². The highest BCUT2D eigenvalue weighted by atomic mass is 16.4. The Morgan fingerprint density at radius 1 is 1.26 bits per heavy atom. The van der Waals surface area contributed by atoms with E-state index in [1.165, 1.54) is 6.07 Å². The molecule has 1 unspecified atom stereocenters. The SMILES string of the molecule is CC(c1cccc(-c2ccc(C(=O)O)o2)c1)N(C)C. The fraction of sp³-hybridized carbons (Fsp3) is 0.267. The Balaban J connectivity index is 2.34. The molecule has 19 heavy (non-hydrogen) atoms. The number of hydrogen-bond acceptors (Lipinski definition) is 3. The molecule has 4 nitrogen and oxygen atoms in total. The molecule has 1 atom stereocenters. The lowest BCUT2D eigenvalue weighted by Crippen LogP contribution is -2.16. The number of nitrogens with zero attached hydrogens (tertiary/aromatic N) is 1. The summed E-state index contributed by atoms with van der Waals surface area (Å²) >= 11 is 0. The molecule has 0 saturated heterocycles. The van der Waals surface area contributed by atoms with Gasteiger partial charge in [-0.15, -0.1) is 0 Å². The van der Waals surface area contributed by atoms with E-state index in [0.29, 0.717) is 5.76 Å². The molecule has 0 radical (unpaired) electrons. The van der Waals surface area contributed by atoms with Crippen molar-refractivity contribution in [3.63, 3.8) is 0 Å². The van der Waals surface area contributed by atoms with Gasteiger partial charge in [-0.05, 0) is 44.8 Å². The van der Waals surface area contributed by atoms with Crippen LogP contribution in [-0.2, 0) is 0 Å². The van der Waals surface area contributed by atoms with Gasteiger partial charge in [-0.3, -0.25) is 0 Å². The van der Waals surface area contributed by atoms with E-state index < -0.39 is 5.97 Å². The van der Waals surface area contributed by atoms with Crippen molar-refractivity contribution >= 4 is 5.97 Å². The Labute approximate surface area is 112 Å². The Bertz CT molecular complexity index is 587. The average molecular weight is 259 g/mol. The monoisotopic (exact) mass is 259 g/mol. The third-order valence-corrected chi connectivity index (χ3v) is 3.24. The fourth-order valence-corrected chi connectivity index (χ4v) is 1.86. The zero-order chi connectivity index (χ0) is 14.0. The topological polar surface area (TPSA) is 53.7 Å². The Kier molecular flexibility index (Phi) is 3.71. The molecule has 0 aliphatic heterocycles. The minimum absolute atomic E-state index is 0.0407. The number of benzene rings is 1. The van der Waals surface area contributed by atoms with Gasteiger partial charge in [-0.2, -0.15) is 0 Å². The number of aromatic carboxylic acids is 1. The van der Waals surface area contributed by atoms with Crippen molar-refractivity contribution in [2.75, 3.05) is 14.1 Å². The molecule has 100 valence electrons. The second-order valence-electron chi connectivity index (χ2n) is 4.73. The van der Waals surface area contributed by atoms with Crippen LogP contribution in [0.1, 0.15) is 29.1 Å². The molecule has 4 heteroatoms. The Morgan fingerprint density at radius 3 is 2.58 bits per heavy atom. The van der Waals surface area contributed by atoms with Crippen molar-refractivity contribution < 1.29 is 14.3 Å². The van der Waals surface area contributed by atoms with Crippen molar-refractivity contribution in [1.29, 1.82) is 0 Å². The summed E-state index contributed by atoms with van der Waals surface area (Å²) in [5, 5.41) is 8.86. The maximum atomic E-state index is 10.8. The minimum Gasteiger partial charge on any atom is -0.475 e. The highest BCUT2D eigenvalue weighted by Crippen LogP contribution is 2.26. The molecule has 0 spiro atoms. The van der Waals surface area contributed by atoms with Crippen LogP contribution in [0.25, 0.3) is 11.3 Å². The summed E-state index contributed by atoms with van der Waals surface area (Å²) in [4.78, 5) is 12.9. The predicted octanol–water partition coefficient (Wildman–Crippen LogP) is 3.27. The van der Waals surface area contributed by atoms with E-state index in [-0.39, 0.29) is 11.8 Å². The molecule has 0 aliphatic carbocycles. The normalized spacial score (nSPS) is 12.6. The van der Waals surface area contributed by atoms with Gasteiger partial charge in [0, 0.05) is 11.6 Å². The maximum absolute atomic E-state index is 10.8. The third-order valence-electron chi connectivity index (χ3n) is 3.24. The van der Waals surface area contributed by atoms with Crippen molar-refractivity contribution in [3.8, 4) is 11.3 Å². The van der Waals surface area contributed by atoms with Crippen LogP contribution < -0.4 is 0 Å². The molecule has 0 amide bonds. The lowest BCUT2D eigenvalue weighted by Gasteiger charge is -2.20. The standard InChI is InChI=1S/C15H17NO3/c1-10(16(2)3)11-5-4-6-12(9-11)13-7-8-14(19-13)15(17)18/h4-10H,1-3H3,(H,17,18). The van der Waals surface area contributed by atoms with Crippen LogP contribution in [0.3, 0.4) is 0 Å². The maximum Gasteiger partial charge on any atom is 0.371 e. The average Bonchev–Trinajstić information content (AvgIpc) is 2.87. The van der Waals surface area contributed by atoms with E-state index in [4.69, 9.17) is 9.52 Å². The largest absolute Gasteiger partial charge is 0.475 e. The number of carbonyl (C=O) groups is 1. The summed E-state index contributed by atoms with van der Waals surface area (Å²) in [7, 11) is 4.04. The molecule has 1 N–H and O–H groups in total. The minimum atomic E-state index is -1.05. The van der Waals surface area contributed by atoms with Gasteiger partial charge in [0.15, 0.2) is 0 Å². The number of rotatable bonds is 4. The summed E-state index contributed by atoms with van der Waals surface area (Å²) in [6.45, 7) is 2.12. The van der Waals surface area contributed by atoms with Crippen LogP contribution in [0.15, 0.2) is 40.8 Å². The number of furan rings is 1. The highest BCUT2D eigenvalue weighted by Gasteiger charge is 2.12. The van der Waals surface area contributed by atoms with Crippen LogP contribution in [0.4, 0.5) is 0 Å². The van der Waals surface area contributed by atoms with Crippen molar-refractivity contribution in [2.24, 2.45) is 0 Å². The molecule has 0 saturated carbocycles. The molecule has 1 aromatic heterocycles. The van der Waals surface area contributed by atoms with E-state index in [2.05, 4.69) is 17.9 Å². The quantitative estimate of drug-likeness (QED) is 0.915. The molecular formula is C15H17NO3. The first-order chi connectivity index (χ1) is 8.99. The summed E-state index contributed by atoms with van der Waals surface area (Å²) in [6.07, 6.45) is 0. The van der Waals surface area contributed by atoms with Crippen molar-refractivity contribution in [2.45, 2.75) is 13.0 Å². The van der Waals surface area contributed by atoms with Gasteiger partial charge < -0.3 is 14.4 Å². The van der Waals surface area contributed by atoms with E-state index in [0.717, 1.165) is 11.1 Å². The summed E-state index contributed by atoms with van der Waals surface area (Å²) in [5.41, 5.74) is 2.05. The van der Waals surface area contributed by atoms with Gasteiger partial charge in [0.05, 0.1) is 0 Å². The molecule has 2 aromatic rings. The predicted molar refractivity (Wildman–Crippen MR) is 73.2 cm³/mol. The molecule has 1 heterocycles. The Morgan fingerprint density at radius 2 is 2.00 bits per heavy atom. The van der Waals surface area contributed by atoms with Crippen molar-refractivity contribution in [3.05, 3.63) is 47.7 Å². The van der Waals surface area contributed by atoms with E-state index in [1.807, 2.05) is 32.3 Å². The van der Waals surface area contributed by atoms with E-state index in [1.54, 1.807) is 6.07 Å². The van der Waals surface area contributed by atoms with Crippen LogP contribution in [0.5, 0.6) is 0 Å². The molecule has 0 aliphatic rings. The van der Waals surface area contributed by atoms with Crippen LogP contribution in [0.2, 0.25) is 0 Å². The second kappa shape index (κ2) is 5.28. The fourth-order valence-electron chi connectivity index (χ4n) is 1.86. The summed E-state index contributed by atoms with van der Waals surface area (Å²) < 4.78 is 5.31. The molecule has 0 bridgehead atoms. The first-order valence-corrected chi connectivity index (χ1v) is 6.09. The van der Waals surface area contributed by atoms with Gasteiger partial charge in [-0.25, -0.2) is 4.79 Å². The van der Waals surface area contributed by atoms with E-state index >= 15 is 0 Å². The number of hydrogen-bond donors (Lipinski definition) is 1. The van der Waals surface area contributed by atoms with Crippen LogP contribution in [0, 0.1) is 0 Å². The van der Waals surface area contributed by atoms with Gasteiger partial charge >= 0.3 is 5.97 Å². The van der Waals surface area contributed by atoms with Gasteiger partial charge in [0.25, 0.3) is 0 Å². The smallest absolute Gasteiger partial charge is 0.371 e. The highest BCUT2D eigenvalue weighted by molar-refractivity contribution is 5.85.